The monoisotopic (exact) mass is 519 g/mol. The summed E-state index contributed by atoms with van der Waals surface area (Å²) in [6, 6.07) is 10.2. The van der Waals surface area contributed by atoms with E-state index < -0.39 is 6.04 Å². The van der Waals surface area contributed by atoms with E-state index in [-0.39, 0.29) is 23.5 Å². The van der Waals surface area contributed by atoms with Crippen LogP contribution in [0.2, 0.25) is 10.0 Å². The Hall–Kier alpha value is -2.55. The van der Waals surface area contributed by atoms with E-state index in [4.69, 9.17) is 23.2 Å². The molecule has 180 valence electrons. The largest absolute Gasteiger partial charge is 0.342 e. The lowest BCUT2D eigenvalue weighted by Gasteiger charge is -2.22. The molecule has 34 heavy (non-hydrogen) atoms. The van der Waals surface area contributed by atoms with E-state index in [2.05, 4.69) is 20.8 Å². The maximum atomic E-state index is 12.8. The van der Waals surface area contributed by atoms with Crippen molar-refractivity contribution in [2.75, 3.05) is 11.1 Å². The minimum atomic E-state index is -0.391. The minimum absolute atomic E-state index is 0.0415. The Balaban J connectivity index is 1.69. The van der Waals surface area contributed by atoms with Crippen molar-refractivity contribution in [3.8, 4) is 0 Å². The van der Waals surface area contributed by atoms with Gasteiger partial charge in [0, 0.05) is 18.3 Å². The SMILES string of the molecule is Cc1cccc(C)c1NC(=O)CSc1nnc([C@@H](NC(=O)c2ccc(Cl)c(Cl)c2)C(C)C)n1C. The summed E-state index contributed by atoms with van der Waals surface area (Å²) in [4.78, 5) is 25.4. The molecule has 0 aliphatic carbocycles. The van der Waals surface area contributed by atoms with Gasteiger partial charge in [-0.15, -0.1) is 10.2 Å². The van der Waals surface area contributed by atoms with Crippen LogP contribution >= 0.6 is 35.0 Å². The molecule has 2 amide bonds. The molecule has 7 nitrogen and oxygen atoms in total. The van der Waals surface area contributed by atoms with E-state index in [1.165, 1.54) is 17.8 Å². The topological polar surface area (TPSA) is 88.9 Å². The molecular weight excluding hydrogens is 493 g/mol. The molecule has 0 bridgehead atoms. The van der Waals surface area contributed by atoms with Crippen LogP contribution in [0, 0.1) is 19.8 Å². The van der Waals surface area contributed by atoms with Crippen molar-refractivity contribution in [3.63, 3.8) is 0 Å². The van der Waals surface area contributed by atoms with E-state index in [1.807, 2.05) is 52.9 Å². The number of halogens is 2. The summed E-state index contributed by atoms with van der Waals surface area (Å²) in [7, 11) is 1.82. The van der Waals surface area contributed by atoms with Gasteiger partial charge in [0.05, 0.1) is 21.8 Å². The molecule has 3 rings (SSSR count). The van der Waals surface area contributed by atoms with Gasteiger partial charge in [0.2, 0.25) is 5.91 Å². The summed E-state index contributed by atoms with van der Waals surface area (Å²) in [5.41, 5.74) is 3.25. The molecule has 10 heteroatoms. The molecule has 0 saturated heterocycles. The molecule has 3 aromatic rings. The van der Waals surface area contributed by atoms with Crippen molar-refractivity contribution in [1.29, 1.82) is 0 Å². The van der Waals surface area contributed by atoms with Crippen LogP contribution in [0.15, 0.2) is 41.6 Å². The van der Waals surface area contributed by atoms with Crippen LogP contribution in [0.3, 0.4) is 0 Å². The highest BCUT2D eigenvalue weighted by atomic mass is 35.5. The van der Waals surface area contributed by atoms with E-state index in [1.54, 1.807) is 16.7 Å². The summed E-state index contributed by atoms with van der Waals surface area (Å²) in [6.45, 7) is 7.89. The van der Waals surface area contributed by atoms with Crippen LogP contribution in [0.5, 0.6) is 0 Å². The molecule has 1 heterocycles. The zero-order valence-electron chi connectivity index (χ0n) is 19.6. The fraction of sp³-hybridized carbons (Fsp3) is 0.333. The van der Waals surface area contributed by atoms with Crippen LogP contribution in [-0.2, 0) is 11.8 Å². The fourth-order valence-electron chi connectivity index (χ4n) is 3.43. The van der Waals surface area contributed by atoms with Gasteiger partial charge in [-0.25, -0.2) is 0 Å². The summed E-state index contributed by atoms with van der Waals surface area (Å²) in [6.07, 6.45) is 0. The van der Waals surface area contributed by atoms with Crippen molar-refractivity contribution in [3.05, 3.63) is 69.0 Å². The number of hydrogen-bond donors (Lipinski definition) is 2. The lowest BCUT2D eigenvalue weighted by atomic mass is 10.0. The maximum absolute atomic E-state index is 12.8. The highest BCUT2D eigenvalue weighted by Gasteiger charge is 2.25. The number of anilines is 1. The average molecular weight is 520 g/mol. The number of thioether (sulfide) groups is 1. The van der Waals surface area contributed by atoms with Crippen LogP contribution in [0.4, 0.5) is 5.69 Å². The number of carbonyl (C=O) groups is 2. The van der Waals surface area contributed by atoms with Gasteiger partial charge >= 0.3 is 0 Å². The van der Waals surface area contributed by atoms with Gasteiger partial charge < -0.3 is 15.2 Å². The van der Waals surface area contributed by atoms with E-state index >= 15 is 0 Å². The van der Waals surface area contributed by atoms with E-state index in [0.29, 0.717) is 26.6 Å². The van der Waals surface area contributed by atoms with Crippen molar-refractivity contribution < 1.29 is 9.59 Å². The lowest BCUT2D eigenvalue weighted by molar-refractivity contribution is -0.113. The summed E-state index contributed by atoms with van der Waals surface area (Å²) in [5, 5.41) is 15.8. The van der Waals surface area contributed by atoms with Gasteiger partial charge in [0.25, 0.3) is 5.91 Å². The third kappa shape index (κ3) is 6.11. The molecule has 2 aromatic carbocycles. The Morgan fingerprint density at radius 3 is 2.35 bits per heavy atom. The molecule has 2 N–H and O–H groups in total. The van der Waals surface area contributed by atoms with Crippen molar-refractivity contribution in [2.24, 2.45) is 13.0 Å². The summed E-state index contributed by atoms with van der Waals surface area (Å²) < 4.78 is 1.80. The predicted molar refractivity (Wildman–Crippen MR) is 138 cm³/mol. The standard InChI is InChI=1S/C24H27Cl2N5O2S/c1-13(2)20(28-23(33)16-9-10-17(25)18(26)11-16)22-29-30-24(31(22)5)34-12-19(32)27-21-14(3)7-6-8-15(21)4/h6-11,13,20H,12H2,1-5H3,(H,27,32)(H,28,33)/t20-/m0/s1. The van der Waals surface area contributed by atoms with Crippen molar-refractivity contribution in [1.82, 2.24) is 20.1 Å². The Kier molecular flexibility index (Phi) is 8.62. The first-order valence-electron chi connectivity index (χ1n) is 10.7. The minimum Gasteiger partial charge on any atom is -0.342 e. The van der Waals surface area contributed by atoms with Crippen LogP contribution in [-0.4, -0.2) is 32.3 Å². The number of nitrogens with zero attached hydrogens (tertiary/aromatic N) is 3. The highest BCUT2D eigenvalue weighted by molar-refractivity contribution is 7.99. The van der Waals surface area contributed by atoms with E-state index in [9.17, 15) is 9.59 Å². The van der Waals surface area contributed by atoms with Crippen LogP contribution in [0.1, 0.15) is 47.2 Å². The van der Waals surface area contributed by atoms with Gasteiger partial charge in [0.1, 0.15) is 0 Å². The zero-order chi connectivity index (χ0) is 25.0. The zero-order valence-corrected chi connectivity index (χ0v) is 22.0. The first-order valence-corrected chi connectivity index (χ1v) is 12.5. The molecule has 1 aromatic heterocycles. The second-order valence-electron chi connectivity index (χ2n) is 8.33. The maximum Gasteiger partial charge on any atom is 0.251 e. The molecule has 0 spiro atoms. The summed E-state index contributed by atoms with van der Waals surface area (Å²) in [5.74, 6) is 0.408. The average Bonchev–Trinajstić information content (AvgIpc) is 3.14. The van der Waals surface area contributed by atoms with Crippen LogP contribution < -0.4 is 10.6 Å². The van der Waals surface area contributed by atoms with Crippen molar-refractivity contribution >= 4 is 52.5 Å². The number of para-hydroxylation sites is 1. The second kappa shape index (κ2) is 11.3. The molecule has 1 atom stereocenters. The smallest absolute Gasteiger partial charge is 0.251 e. The third-order valence-electron chi connectivity index (χ3n) is 5.36. The summed E-state index contributed by atoms with van der Waals surface area (Å²) >= 11 is 13.3. The lowest BCUT2D eigenvalue weighted by Crippen LogP contribution is -2.33. The Morgan fingerprint density at radius 1 is 1.06 bits per heavy atom. The molecule has 0 unspecified atom stereocenters. The molecule has 0 saturated carbocycles. The van der Waals surface area contributed by atoms with Gasteiger partial charge in [-0.2, -0.15) is 0 Å². The number of rotatable bonds is 8. The molecule has 0 aliphatic rings. The van der Waals surface area contributed by atoms with E-state index in [0.717, 1.165) is 16.8 Å². The number of hydrogen-bond acceptors (Lipinski definition) is 5. The number of aryl methyl sites for hydroxylation is 2. The fourth-order valence-corrected chi connectivity index (χ4v) is 4.45. The van der Waals surface area contributed by atoms with Gasteiger partial charge in [-0.3, -0.25) is 9.59 Å². The number of carbonyl (C=O) groups excluding carboxylic acids is 2. The molecule has 0 aliphatic heterocycles. The Labute approximate surface area is 213 Å². The molecule has 0 radical (unpaired) electrons. The normalized spacial score (nSPS) is 12.0. The van der Waals surface area contributed by atoms with Crippen LogP contribution in [0.25, 0.3) is 0 Å². The molecular formula is C24H27Cl2N5O2S. The van der Waals surface area contributed by atoms with Gasteiger partial charge in [-0.05, 0) is 49.1 Å². The highest BCUT2D eigenvalue weighted by Crippen LogP contribution is 2.27. The predicted octanol–water partition coefficient (Wildman–Crippen LogP) is 5.60. The third-order valence-corrected chi connectivity index (χ3v) is 7.12. The van der Waals surface area contributed by atoms with Crippen molar-refractivity contribution in [2.45, 2.75) is 38.9 Å². The van der Waals surface area contributed by atoms with Gasteiger partial charge in [-0.1, -0.05) is 67.0 Å². The first kappa shape index (κ1) is 26.1. The molecule has 0 fully saturated rings. The number of benzene rings is 2. The number of nitrogens with one attached hydrogen (secondary N) is 2. The second-order valence-corrected chi connectivity index (χ2v) is 10.1. The quantitative estimate of drug-likeness (QED) is 0.378. The Bertz CT molecular complexity index is 1190. The van der Waals surface area contributed by atoms with Gasteiger partial charge in [0.15, 0.2) is 11.0 Å². The first-order chi connectivity index (χ1) is 16.1. The Morgan fingerprint density at radius 2 is 1.74 bits per heavy atom. The number of aromatic nitrogens is 3. The number of amides is 2.